The average Bonchev–Trinajstić information content (AvgIpc) is 2.39. The first kappa shape index (κ1) is 12.0. The Labute approximate surface area is 105 Å². The van der Waals surface area contributed by atoms with Gasteiger partial charge in [0.25, 0.3) is 5.69 Å². The van der Waals surface area contributed by atoms with Crippen molar-refractivity contribution in [2.24, 2.45) is 0 Å². The summed E-state index contributed by atoms with van der Waals surface area (Å²) in [6, 6.07) is 12.0. The molecule has 0 spiro atoms. The van der Waals surface area contributed by atoms with Crippen molar-refractivity contribution >= 4 is 11.5 Å². The first-order chi connectivity index (χ1) is 8.70. The van der Waals surface area contributed by atoms with E-state index in [0.29, 0.717) is 0 Å². The molecule has 2 rings (SSSR count). The quantitative estimate of drug-likeness (QED) is 0.661. The predicted octanol–water partition coefficient (Wildman–Crippen LogP) is 3.09. The van der Waals surface area contributed by atoms with Crippen LogP contribution in [-0.2, 0) is 0 Å². The third-order valence-electron chi connectivity index (χ3n) is 2.46. The number of pyridine rings is 1. The zero-order valence-corrected chi connectivity index (χ0v) is 9.96. The summed E-state index contributed by atoms with van der Waals surface area (Å²) < 4.78 is 0. The van der Waals surface area contributed by atoms with Gasteiger partial charge < -0.3 is 5.32 Å². The molecule has 0 radical (unpaired) electrons. The molecular formula is C13H13N3O2. The van der Waals surface area contributed by atoms with Crippen molar-refractivity contribution in [2.45, 2.75) is 6.92 Å². The van der Waals surface area contributed by atoms with Crippen molar-refractivity contribution in [3.8, 4) is 11.3 Å². The van der Waals surface area contributed by atoms with Crippen LogP contribution < -0.4 is 5.32 Å². The van der Waals surface area contributed by atoms with E-state index in [9.17, 15) is 10.1 Å². The summed E-state index contributed by atoms with van der Waals surface area (Å²) in [5.41, 5.74) is 1.53. The summed E-state index contributed by atoms with van der Waals surface area (Å²) in [7, 11) is 0. The van der Waals surface area contributed by atoms with Crippen LogP contribution in [0.3, 0.4) is 0 Å². The Bertz CT molecular complexity index is 570. The number of non-ortho nitro benzene ring substituents is 1. The molecule has 1 N–H and O–H groups in total. The molecule has 0 amide bonds. The Balaban J connectivity index is 2.38. The molecule has 92 valence electrons. The van der Waals surface area contributed by atoms with Gasteiger partial charge in [0.05, 0.1) is 10.6 Å². The largest absolute Gasteiger partial charge is 0.370 e. The number of rotatable bonds is 4. The van der Waals surface area contributed by atoms with E-state index in [4.69, 9.17) is 0 Å². The van der Waals surface area contributed by atoms with E-state index in [-0.39, 0.29) is 5.69 Å². The molecule has 0 aliphatic carbocycles. The van der Waals surface area contributed by atoms with E-state index in [2.05, 4.69) is 10.3 Å². The zero-order valence-electron chi connectivity index (χ0n) is 9.96. The molecule has 0 aliphatic heterocycles. The summed E-state index contributed by atoms with van der Waals surface area (Å²) in [6.07, 6.45) is 0. The molecule has 1 aromatic heterocycles. The van der Waals surface area contributed by atoms with Crippen LogP contribution in [0.25, 0.3) is 11.3 Å². The Morgan fingerprint density at radius 2 is 2.06 bits per heavy atom. The highest BCUT2D eigenvalue weighted by atomic mass is 16.6. The van der Waals surface area contributed by atoms with Gasteiger partial charge >= 0.3 is 0 Å². The van der Waals surface area contributed by atoms with Crippen LogP contribution in [0, 0.1) is 10.1 Å². The fourth-order valence-electron chi connectivity index (χ4n) is 1.65. The number of aromatic nitrogens is 1. The lowest BCUT2D eigenvalue weighted by molar-refractivity contribution is -0.384. The van der Waals surface area contributed by atoms with Crippen LogP contribution in [0.15, 0.2) is 42.5 Å². The standard InChI is InChI=1S/C13H13N3O2/c1-2-14-13-8-4-7-12(15-13)10-5-3-6-11(9-10)16(17)18/h3-9H,2H2,1H3,(H,14,15). The Morgan fingerprint density at radius 3 is 2.78 bits per heavy atom. The maximum absolute atomic E-state index is 10.7. The molecule has 0 fully saturated rings. The second-order valence-electron chi connectivity index (χ2n) is 3.75. The van der Waals surface area contributed by atoms with Crippen molar-refractivity contribution in [3.05, 3.63) is 52.6 Å². The molecule has 0 saturated carbocycles. The highest BCUT2D eigenvalue weighted by molar-refractivity contribution is 5.64. The highest BCUT2D eigenvalue weighted by Gasteiger charge is 2.08. The number of nitro benzene ring substituents is 1. The molecule has 2 aromatic rings. The number of nitrogens with one attached hydrogen (secondary N) is 1. The summed E-state index contributed by atoms with van der Waals surface area (Å²) in [4.78, 5) is 14.7. The molecule has 18 heavy (non-hydrogen) atoms. The minimum Gasteiger partial charge on any atom is -0.370 e. The van der Waals surface area contributed by atoms with E-state index < -0.39 is 4.92 Å². The monoisotopic (exact) mass is 243 g/mol. The van der Waals surface area contributed by atoms with Gasteiger partial charge in [-0.15, -0.1) is 0 Å². The second-order valence-corrected chi connectivity index (χ2v) is 3.75. The minimum atomic E-state index is -0.405. The van der Waals surface area contributed by atoms with Gasteiger partial charge in [0.2, 0.25) is 0 Å². The molecule has 0 unspecified atom stereocenters. The number of anilines is 1. The molecule has 1 aromatic carbocycles. The van der Waals surface area contributed by atoms with Crippen molar-refractivity contribution < 1.29 is 4.92 Å². The number of hydrogen-bond donors (Lipinski definition) is 1. The Morgan fingerprint density at radius 1 is 1.28 bits per heavy atom. The van der Waals surface area contributed by atoms with Crippen molar-refractivity contribution in [3.63, 3.8) is 0 Å². The topological polar surface area (TPSA) is 68.1 Å². The lowest BCUT2D eigenvalue weighted by Gasteiger charge is -2.05. The Kier molecular flexibility index (Phi) is 3.52. The van der Waals surface area contributed by atoms with Crippen LogP contribution in [0.2, 0.25) is 0 Å². The van der Waals surface area contributed by atoms with E-state index in [1.807, 2.05) is 31.2 Å². The van der Waals surface area contributed by atoms with E-state index >= 15 is 0 Å². The van der Waals surface area contributed by atoms with Gasteiger partial charge in [-0.25, -0.2) is 4.98 Å². The maximum Gasteiger partial charge on any atom is 0.270 e. The van der Waals surface area contributed by atoms with Crippen LogP contribution in [0.5, 0.6) is 0 Å². The third-order valence-corrected chi connectivity index (χ3v) is 2.46. The van der Waals surface area contributed by atoms with Crippen LogP contribution in [-0.4, -0.2) is 16.5 Å². The lowest BCUT2D eigenvalue weighted by atomic mass is 10.1. The smallest absolute Gasteiger partial charge is 0.270 e. The molecule has 5 heteroatoms. The summed E-state index contributed by atoms with van der Waals surface area (Å²) in [6.45, 7) is 2.77. The first-order valence-electron chi connectivity index (χ1n) is 5.66. The van der Waals surface area contributed by atoms with Crippen LogP contribution >= 0.6 is 0 Å². The van der Waals surface area contributed by atoms with Crippen LogP contribution in [0.1, 0.15) is 6.92 Å². The fourth-order valence-corrected chi connectivity index (χ4v) is 1.65. The molecule has 0 bridgehead atoms. The molecule has 0 aliphatic rings. The second kappa shape index (κ2) is 5.27. The van der Waals surface area contributed by atoms with E-state index in [1.165, 1.54) is 12.1 Å². The zero-order chi connectivity index (χ0) is 13.0. The highest BCUT2D eigenvalue weighted by Crippen LogP contribution is 2.23. The number of nitrogens with zero attached hydrogens (tertiary/aromatic N) is 2. The van der Waals surface area contributed by atoms with Gasteiger partial charge in [0.15, 0.2) is 0 Å². The van der Waals surface area contributed by atoms with Gasteiger partial charge in [-0.3, -0.25) is 10.1 Å². The average molecular weight is 243 g/mol. The van der Waals surface area contributed by atoms with Crippen molar-refractivity contribution in [1.82, 2.24) is 4.98 Å². The van der Waals surface area contributed by atoms with E-state index in [0.717, 1.165) is 23.6 Å². The van der Waals surface area contributed by atoms with Gasteiger partial charge in [0, 0.05) is 24.2 Å². The van der Waals surface area contributed by atoms with Gasteiger partial charge in [-0.05, 0) is 19.1 Å². The molecular weight excluding hydrogens is 230 g/mol. The lowest BCUT2D eigenvalue weighted by Crippen LogP contribution is -1.99. The maximum atomic E-state index is 10.7. The van der Waals surface area contributed by atoms with Gasteiger partial charge in [-0.2, -0.15) is 0 Å². The van der Waals surface area contributed by atoms with Crippen molar-refractivity contribution in [1.29, 1.82) is 0 Å². The summed E-state index contributed by atoms with van der Waals surface area (Å²) in [5.74, 6) is 0.765. The van der Waals surface area contributed by atoms with Crippen LogP contribution in [0.4, 0.5) is 11.5 Å². The van der Waals surface area contributed by atoms with E-state index in [1.54, 1.807) is 6.07 Å². The predicted molar refractivity (Wildman–Crippen MR) is 70.5 cm³/mol. The fraction of sp³-hybridized carbons (Fsp3) is 0.154. The molecule has 0 atom stereocenters. The minimum absolute atomic E-state index is 0.0724. The third kappa shape index (κ3) is 2.63. The number of nitro groups is 1. The number of hydrogen-bond acceptors (Lipinski definition) is 4. The normalized spacial score (nSPS) is 10.1. The molecule has 5 nitrogen and oxygen atoms in total. The number of benzene rings is 1. The van der Waals surface area contributed by atoms with Crippen molar-refractivity contribution in [2.75, 3.05) is 11.9 Å². The van der Waals surface area contributed by atoms with Gasteiger partial charge in [0.1, 0.15) is 5.82 Å². The molecule has 1 heterocycles. The SMILES string of the molecule is CCNc1cccc(-c2cccc([N+](=O)[O-])c2)n1. The Hall–Kier alpha value is -2.43. The first-order valence-corrected chi connectivity index (χ1v) is 5.66. The molecule has 0 saturated heterocycles. The summed E-state index contributed by atoms with van der Waals surface area (Å²) >= 11 is 0. The summed E-state index contributed by atoms with van der Waals surface area (Å²) in [5, 5.41) is 13.8. The van der Waals surface area contributed by atoms with Gasteiger partial charge in [-0.1, -0.05) is 18.2 Å².